The molecule has 0 unspecified atom stereocenters. The minimum atomic E-state index is -0.192. The number of methoxy groups -OCH3 is 1. The van der Waals surface area contributed by atoms with Gasteiger partial charge >= 0.3 is 5.69 Å². The van der Waals surface area contributed by atoms with E-state index in [1.807, 2.05) is 30.3 Å². The van der Waals surface area contributed by atoms with E-state index < -0.39 is 0 Å². The molecule has 6 nitrogen and oxygen atoms in total. The van der Waals surface area contributed by atoms with Crippen molar-refractivity contribution in [1.29, 1.82) is 0 Å². The number of rotatable bonds is 7. The maximum atomic E-state index is 12.5. The Balaban J connectivity index is 1.45. The Morgan fingerprint density at radius 3 is 2.73 bits per heavy atom. The molecule has 156 valence electrons. The summed E-state index contributed by atoms with van der Waals surface area (Å²) < 4.78 is 6.86. The summed E-state index contributed by atoms with van der Waals surface area (Å²) in [6.45, 7) is 1.08. The first-order valence-corrected chi connectivity index (χ1v) is 10.5. The van der Waals surface area contributed by atoms with Crippen LogP contribution in [0.4, 0.5) is 0 Å². The zero-order valence-electron chi connectivity index (χ0n) is 17.2. The fraction of sp³-hybridized carbons (Fsp3) is 0.333. The molecule has 0 atom stereocenters. The van der Waals surface area contributed by atoms with Gasteiger partial charge in [-0.3, -0.25) is 9.36 Å². The van der Waals surface area contributed by atoms with Crippen LogP contribution in [0, 0.1) is 0 Å². The van der Waals surface area contributed by atoms with Gasteiger partial charge in [0.15, 0.2) is 0 Å². The van der Waals surface area contributed by atoms with Crippen LogP contribution in [-0.4, -0.2) is 29.1 Å². The largest absolute Gasteiger partial charge is 0.497 e. The molecule has 30 heavy (non-hydrogen) atoms. The van der Waals surface area contributed by atoms with Crippen molar-refractivity contribution in [2.75, 3.05) is 13.7 Å². The SMILES string of the molecule is COc1ccc(Cn2c(=O)[nH]c3cc(C(=O)NCCC4=CCCCC4)ccc32)cc1. The third-order valence-electron chi connectivity index (χ3n) is 5.65. The molecule has 1 aliphatic rings. The van der Waals surface area contributed by atoms with Crippen molar-refractivity contribution >= 4 is 16.9 Å². The number of aromatic nitrogens is 2. The summed E-state index contributed by atoms with van der Waals surface area (Å²) in [6.07, 6.45) is 8.02. The van der Waals surface area contributed by atoms with Crippen molar-refractivity contribution in [2.45, 2.75) is 38.6 Å². The predicted octanol–water partition coefficient (Wildman–Crippen LogP) is 4.01. The van der Waals surface area contributed by atoms with Gasteiger partial charge in [-0.15, -0.1) is 0 Å². The Labute approximate surface area is 175 Å². The van der Waals surface area contributed by atoms with Gasteiger partial charge in [-0.2, -0.15) is 0 Å². The summed E-state index contributed by atoms with van der Waals surface area (Å²) in [5, 5.41) is 2.99. The normalized spacial score (nSPS) is 13.8. The lowest BCUT2D eigenvalue weighted by Crippen LogP contribution is -2.24. The van der Waals surface area contributed by atoms with Crippen molar-refractivity contribution in [1.82, 2.24) is 14.9 Å². The highest BCUT2D eigenvalue weighted by molar-refractivity contribution is 5.97. The summed E-state index contributed by atoms with van der Waals surface area (Å²) >= 11 is 0. The number of benzene rings is 2. The average molecular weight is 405 g/mol. The number of fused-ring (bicyclic) bond motifs is 1. The number of allylic oxidation sites excluding steroid dienone is 1. The van der Waals surface area contributed by atoms with Gasteiger partial charge in [0.1, 0.15) is 5.75 Å². The maximum Gasteiger partial charge on any atom is 0.326 e. The Kier molecular flexibility index (Phi) is 6.02. The molecule has 6 heteroatoms. The predicted molar refractivity (Wildman–Crippen MR) is 118 cm³/mol. The maximum absolute atomic E-state index is 12.5. The molecule has 0 fully saturated rings. The van der Waals surface area contributed by atoms with Crippen molar-refractivity contribution < 1.29 is 9.53 Å². The number of hydrogen-bond acceptors (Lipinski definition) is 3. The van der Waals surface area contributed by atoms with Gasteiger partial charge in [0, 0.05) is 12.1 Å². The van der Waals surface area contributed by atoms with E-state index >= 15 is 0 Å². The lowest BCUT2D eigenvalue weighted by atomic mass is 9.97. The zero-order valence-corrected chi connectivity index (χ0v) is 17.2. The van der Waals surface area contributed by atoms with Gasteiger partial charge in [0.2, 0.25) is 0 Å². The molecular weight excluding hydrogens is 378 g/mol. The van der Waals surface area contributed by atoms with Crippen LogP contribution in [0.3, 0.4) is 0 Å². The van der Waals surface area contributed by atoms with Gasteiger partial charge in [-0.1, -0.05) is 23.8 Å². The van der Waals surface area contributed by atoms with E-state index in [1.165, 1.54) is 18.4 Å². The topological polar surface area (TPSA) is 76.1 Å². The van der Waals surface area contributed by atoms with E-state index in [1.54, 1.807) is 23.8 Å². The van der Waals surface area contributed by atoms with E-state index in [0.29, 0.717) is 24.2 Å². The number of nitrogens with one attached hydrogen (secondary N) is 2. The van der Waals surface area contributed by atoms with Crippen LogP contribution in [0.25, 0.3) is 11.0 Å². The number of hydrogen-bond donors (Lipinski definition) is 2. The van der Waals surface area contributed by atoms with Crippen LogP contribution in [0.2, 0.25) is 0 Å². The monoisotopic (exact) mass is 405 g/mol. The number of nitrogens with zero attached hydrogens (tertiary/aromatic N) is 1. The summed E-state index contributed by atoms with van der Waals surface area (Å²) in [7, 11) is 1.63. The highest BCUT2D eigenvalue weighted by Crippen LogP contribution is 2.20. The Morgan fingerprint density at radius 2 is 2.00 bits per heavy atom. The minimum Gasteiger partial charge on any atom is -0.497 e. The Morgan fingerprint density at radius 1 is 1.17 bits per heavy atom. The lowest BCUT2D eigenvalue weighted by Gasteiger charge is -2.13. The highest BCUT2D eigenvalue weighted by Gasteiger charge is 2.12. The van der Waals surface area contributed by atoms with E-state index in [0.717, 1.165) is 36.1 Å². The molecule has 2 N–H and O–H groups in total. The smallest absolute Gasteiger partial charge is 0.326 e. The number of ether oxygens (including phenoxy) is 1. The molecule has 0 aliphatic heterocycles. The number of carbonyl (C=O) groups excluding carboxylic acids is 1. The molecule has 0 saturated heterocycles. The summed E-state index contributed by atoms with van der Waals surface area (Å²) in [5.41, 5.74) is 4.24. The standard InChI is InChI=1S/C24H27N3O3/c1-30-20-10-7-18(8-11-20)16-27-22-12-9-19(15-21(22)26-24(27)29)23(28)25-14-13-17-5-3-2-4-6-17/h5,7-12,15H,2-4,6,13-14,16H2,1H3,(H,25,28)(H,26,29). The van der Waals surface area contributed by atoms with Crippen LogP contribution >= 0.6 is 0 Å². The van der Waals surface area contributed by atoms with E-state index in [2.05, 4.69) is 16.4 Å². The molecule has 4 rings (SSSR count). The summed E-state index contributed by atoms with van der Waals surface area (Å²) in [4.78, 5) is 27.9. The Hall–Kier alpha value is -3.28. The van der Waals surface area contributed by atoms with Gasteiger partial charge in [0.05, 0.1) is 24.7 Å². The summed E-state index contributed by atoms with van der Waals surface area (Å²) in [5.74, 6) is 0.664. The van der Waals surface area contributed by atoms with Crippen molar-refractivity contribution in [3.63, 3.8) is 0 Å². The molecule has 1 amide bonds. The quantitative estimate of drug-likeness (QED) is 0.583. The number of H-pyrrole nitrogens is 1. The third kappa shape index (κ3) is 4.48. The van der Waals surface area contributed by atoms with Crippen LogP contribution in [0.1, 0.15) is 48.0 Å². The van der Waals surface area contributed by atoms with Gasteiger partial charge in [0.25, 0.3) is 5.91 Å². The Bertz CT molecular complexity index is 1120. The molecular formula is C24H27N3O3. The first-order valence-electron chi connectivity index (χ1n) is 10.5. The number of imidazole rings is 1. The van der Waals surface area contributed by atoms with Crippen LogP contribution in [0.15, 0.2) is 58.9 Å². The van der Waals surface area contributed by atoms with Gasteiger partial charge < -0.3 is 15.0 Å². The number of aromatic amines is 1. The first kappa shape index (κ1) is 20.0. The molecule has 0 saturated carbocycles. The highest BCUT2D eigenvalue weighted by atomic mass is 16.5. The van der Waals surface area contributed by atoms with Gasteiger partial charge in [-0.25, -0.2) is 4.79 Å². The number of amides is 1. The van der Waals surface area contributed by atoms with Gasteiger partial charge in [-0.05, 0) is 68.0 Å². The van der Waals surface area contributed by atoms with Crippen LogP contribution in [0.5, 0.6) is 5.75 Å². The fourth-order valence-electron chi connectivity index (χ4n) is 3.95. The lowest BCUT2D eigenvalue weighted by molar-refractivity contribution is 0.0954. The second-order valence-electron chi connectivity index (χ2n) is 7.71. The summed E-state index contributed by atoms with van der Waals surface area (Å²) in [6, 6.07) is 13.0. The zero-order chi connectivity index (χ0) is 20.9. The first-order chi connectivity index (χ1) is 14.6. The van der Waals surface area contributed by atoms with E-state index in [9.17, 15) is 9.59 Å². The van der Waals surface area contributed by atoms with Crippen molar-refractivity contribution in [3.05, 3.63) is 75.7 Å². The van der Waals surface area contributed by atoms with E-state index in [-0.39, 0.29) is 11.6 Å². The minimum absolute atomic E-state index is 0.114. The molecule has 1 aromatic heterocycles. The number of carbonyl (C=O) groups is 1. The molecule has 0 spiro atoms. The van der Waals surface area contributed by atoms with Crippen LogP contribution < -0.4 is 15.7 Å². The van der Waals surface area contributed by atoms with E-state index in [4.69, 9.17) is 4.74 Å². The van der Waals surface area contributed by atoms with Crippen molar-refractivity contribution in [3.8, 4) is 5.75 Å². The third-order valence-corrected chi connectivity index (χ3v) is 5.65. The second kappa shape index (κ2) is 9.03. The van der Waals surface area contributed by atoms with Crippen LogP contribution in [-0.2, 0) is 6.54 Å². The van der Waals surface area contributed by atoms with Crippen molar-refractivity contribution in [2.24, 2.45) is 0 Å². The molecule has 0 radical (unpaired) electrons. The molecule has 3 aromatic rings. The molecule has 2 aromatic carbocycles. The average Bonchev–Trinajstić information content (AvgIpc) is 3.09. The fourth-order valence-corrected chi connectivity index (χ4v) is 3.95. The molecule has 1 aliphatic carbocycles. The molecule has 1 heterocycles. The molecule has 0 bridgehead atoms. The second-order valence-corrected chi connectivity index (χ2v) is 7.71.